The van der Waals surface area contributed by atoms with Crippen molar-refractivity contribution in [3.05, 3.63) is 20.8 Å². The number of aromatic nitrogens is 3. The van der Waals surface area contributed by atoms with E-state index in [1.165, 1.54) is 0 Å². The molecule has 1 fully saturated rings. The molecule has 16 heavy (non-hydrogen) atoms. The molecule has 0 unspecified atom stereocenters. The van der Waals surface area contributed by atoms with Crippen molar-refractivity contribution in [2.75, 3.05) is 18.0 Å². The van der Waals surface area contributed by atoms with Crippen LogP contribution in [-0.2, 0) is 4.79 Å². The lowest BCUT2D eigenvalue weighted by molar-refractivity contribution is -0.138. The van der Waals surface area contributed by atoms with Crippen LogP contribution in [0.25, 0.3) is 0 Å². The molecule has 0 bridgehead atoms. The van der Waals surface area contributed by atoms with Crippen LogP contribution in [-0.4, -0.2) is 39.3 Å². The lowest BCUT2D eigenvalue weighted by Crippen LogP contribution is -2.50. The number of carboxylic acid groups (broad SMARTS) is 1. The summed E-state index contributed by atoms with van der Waals surface area (Å²) in [5.41, 5.74) is -1.21. The minimum atomic E-state index is -0.854. The maximum Gasteiger partial charge on any atom is 0.342 e. The maximum absolute atomic E-state index is 11.3. The lowest BCUT2D eigenvalue weighted by Gasteiger charge is -2.38. The van der Waals surface area contributed by atoms with Gasteiger partial charge in [0.2, 0.25) is 5.82 Å². The summed E-state index contributed by atoms with van der Waals surface area (Å²) < 4.78 is 0. The SMILES string of the molecule is O=C(O)CC1CN(c2n[nH]c(=O)[nH]c2=O)C1. The molecule has 1 aromatic heterocycles. The summed E-state index contributed by atoms with van der Waals surface area (Å²) in [5.74, 6) is -0.695. The molecule has 0 aromatic carbocycles. The van der Waals surface area contributed by atoms with E-state index in [2.05, 4.69) is 15.2 Å². The first-order valence-electron chi connectivity index (χ1n) is 4.72. The quantitative estimate of drug-likeness (QED) is 0.569. The Bertz CT molecular complexity index is 513. The van der Waals surface area contributed by atoms with Gasteiger partial charge in [-0.3, -0.25) is 14.6 Å². The predicted octanol–water partition coefficient (Wildman–Crippen LogP) is -1.63. The van der Waals surface area contributed by atoms with Gasteiger partial charge in [0.05, 0.1) is 6.42 Å². The van der Waals surface area contributed by atoms with Gasteiger partial charge in [0.15, 0.2) is 0 Å². The lowest BCUT2D eigenvalue weighted by atomic mass is 9.97. The van der Waals surface area contributed by atoms with Gasteiger partial charge in [-0.25, -0.2) is 9.89 Å². The van der Waals surface area contributed by atoms with Crippen LogP contribution < -0.4 is 16.1 Å². The Balaban J connectivity index is 2.04. The Morgan fingerprint density at radius 1 is 1.50 bits per heavy atom. The molecular weight excluding hydrogens is 216 g/mol. The molecule has 8 nitrogen and oxygen atoms in total. The van der Waals surface area contributed by atoms with Crippen LogP contribution >= 0.6 is 0 Å². The maximum atomic E-state index is 11.3. The number of nitrogens with one attached hydrogen (secondary N) is 2. The molecule has 0 aliphatic carbocycles. The number of H-pyrrole nitrogens is 2. The summed E-state index contributed by atoms with van der Waals surface area (Å²) in [4.78, 5) is 36.1. The van der Waals surface area contributed by atoms with Crippen molar-refractivity contribution >= 4 is 11.8 Å². The van der Waals surface area contributed by atoms with Gasteiger partial charge >= 0.3 is 11.7 Å². The molecule has 1 aliphatic heterocycles. The Hall–Kier alpha value is -2.12. The first-order valence-corrected chi connectivity index (χ1v) is 4.72. The van der Waals surface area contributed by atoms with Gasteiger partial charge in [-0.1, -0.05) is 0 Å². The van der Waals surface area contributed by atoms with Crippen LogP contribution in [0.1, 0.15) is 6.42 Å². The predicted molar refractivity (Wildman–Crippen MR) is 53.4 cm³/mol. The molecule has 0 spiro atoms. The van der Waals surface area contributed by atoms with E-state index in [0.717, 1.165) is 0 Å². The second kappa shape index (κ2) is 3.80. The van der Waals surface area contributed by atoms with E-state index in [1.807, 2.05) is 0 Å². The zero-order valence-electron chi connectivity index (χ0n) is 8.27. The van der Waals surface area contributed by atoms with Crippen LogP contribution in [0.15, 0.2) is 9.59 Å². The normalized spacial score (nSPS) is 15.9. The summed E-state index contributed by atoms with van der Waals surface area (Å²) >= 11 is 0. The highest BCUT2D eigenvalue weighted by Crippen LogP contribution is 2.21. The van der Waals surface area contributed by atoms with Crippen molar-refractivity contribution in [1.82, 2.24) is 15.2 Å². The van der Waals surface area contributed by atoms with Crippen LogP contribution in [0.4, 0.5) is 5.82 Å². The van der Waals surface area contributed by atoms with Crippen LogP contribution in [0.2, 0.25) is 0 Å². The highest BCUT2D eigenvalue weighted by atomic mass is 16.4. The van der Waals surface area contributed by atoms with Crippen molar-refractivity contribution in [3.8, 4) is 0 Å². The number of carboxylic acids is 1. The molecule has 0 radical (unpaired) electrons. The zero-order chi connectivity index (χ0) is 11.7. The first kappa shape index (κ1) is 10.4. The number of aliphatic carboxylic acids is 1. The fraction of sp³-hybridized carbons (Fsp3) is 0.500. The highest BCUT2D eigenvalue weighted by molar-refractivity contribution is 5.67. The molecule has 1 saturated heterocycles. The minimum absolute atomic E-state index is 0.0330. The van der Waals surface area contributed by atoms with Gasteiger partial charge in [-0.05, 0) is 0 Å². The van der Waals surface area contributed by atoms with Gasteiger partial charge in [0.1, 0.15) is 0 Å². The third-order valence-electron chi connectivity index (χ3n) is 2.41. The molecule has 0 amide bonds. The van der Waals surface area contributed by atoms with Gasteiger partial charge in [0, 0.05) is 19.0 Å². The fourth-order valence-corrected chi connectivity index (χ4v) is 1.67. The molecule has 86 valence electrons. The van der Waals surface area contributed by atoms with Crippen LogP contribution in [0.5, 0.6) is 0 Å². The molecule has 0 saturated carbocycles. The number of hydrogen-bond donors (Lipinski definition) is 3. The van der Waals surface area contributed by atoms with E-state index in [1.54, 1.807) is 4.90 Å². The second-order valence-electron chi connectivity index (χ2n) is 3.70. The van der Waals surface area contributed by atoms with E-state index in [4.69, 9.17) is 5.11 Å². The van der Waals surface area contributed by atoms with Crippen molar-refractivity contribution in [2.45, 2.75) is 6.42 Å². The number of nitrogens with zero attached hydrogens (tertiary/aromatic N) is 2. The molecule has 2 rings (SSSR count). The van der Waals surface area contributed by atoms with Gasteiger partial charge in [-0.2, -0.15) is 0 Å². The van der Waals surface area contributed by atoms with E-state index < -0.39 is 17.2 Å². The summed E-state index contributed by atoms with van der Waals surface area (Å²) in [7, 11) is 0. The topological polar surface area (TPSA) is 119 Å². The Morgan fingerprint density at radius 2 is 2.19 bits per heavy atom. The number of carbonyl (C=O) groups is 1. The van der Waals surface area contributed by atoms with Crippen LogP contribution in [0.3, 0.4) is 0 Å². The smallest absolute Gasteiger partial charge is 0.342 e. The third kappa shape index (κ3) is 1.95. The molecule has 8 heteroatoms. The number of aromatic amines is 2. The Labute approximate surface area is 88.9 Å². The highest BCUT2D eigenvalue weighted by Gasteiger charge is 2.31. The third-order valence-corrected chi connectivity index (χ3v) is 2.41. The monoisotopic (exact) mass is 226 g/mol. The summed E-state index contributed by atoms with van der Waals surface area (Å²) in [6.07, 6.45) is 0.0811. The van der Waals surface area contributed by atoms with E-state index in [9.17, 15) is 14.4 Å². The van der Waals surface area contributed by atoms with E-state index in [0.29, 0.717) is 13.1 Å². The van der Waals surface area contributed by atoms with E-state index in [-0.39, 0.29) is 18.2 Å². The van der Waals surface area contributed by atoms with Gasteiger partial charge < -0.3 is 10.0 Å². The largest absolute Gasteiger partial charge is 0.481 e. The van der Waals surface area contributed by atoms with Crippen molar-refractivity contribution < 1.29 is 9.90 Å². The summed E-state index contributed by atoms with van der Waals surface area (Å²) in [6, 6.07) is 0. The van der Waals surface area contributed by atoms with E-state index >= 15 is 0 Å². The van der Waals surface area contributed by atoms with Crippen LogP contribution in [0, 0.1) is 5.92 Å². The number of rotatable bonds is 3. The zero-order valence-corrected chi connectivity index (χ0v) is 8.27. The fourth-order valence-electron chi connectivity index (χ4n) is 1.67. The molecule has 1 aliphatic rings. The summed E-state index contributed by atoms with van der Waals surface area (Å²) in [5, 5.41) is 14.3. The minimum Gasteiger partial charge on any atom is -0.481 e. The van der Waals surface area contributed by atoms with Crippen molar-refractivity contribution in [3.63, 3.8) is 0 Å². The first-order chi connectivity index (χ1) is 7.56. The number of anilines is 1. The molecule has 0 atom stereocenters. The summed E-state index contributed by atoms with van der Waals surface area (Å²) in [6.45, 7) is 0.933. The molecule has 1 aromatic rings. The van der Waals surface area contributed by atoms with Crippen molar-refractivity contribution in [2.24, 2.45) is 5.92 Å². The van der Waals surface area contributed by atoms with Crippen molar-refractivity contribution in [1.29, 1.82) is 0 Å². The molecular formula is C8H10N4O4. The Morgan fingerprint density at radius 3 is 2.75 bits per heavy atom. The standard InChI is InChI=1S/C8H10N4O4/c13-5(14)1-4-2-12(3-4)6-7(15)9-8(16)11-10-6/h4H,1-3H2,(H,13,14)(H2,9,11,15,16). The average molecular weight is 226 g/mol. The van der Waals surface area contributed by atoms with Gasteiger partial charge in [0.25, 0.3) is 5.56 Å². The average Bonchev–Trinajstić information content (AvgIpc) is 2.11. The second-order valence-corrected chi connectivity index (χ2v) is 3.70. The molecule has 3 N–H and O–H groups in total. The molecule has 2 heterocycles. The number of hydrogen-bond acceptors (Lipinski definition) is 5. The van der Waals surface area contributed by atoms with Gasteiger partial charge in [-0.15, -0.1) is 5.10 Å². The Kier molecular flexibility index (Phi) is 2.47.